The van der Waals surface area contributed by atoms with Gasteiger partial charge in [0.05, 0.1) is 10.2 Å². The van der Waals surface area contributed by atoms with Crippen molar-refractivity contribution in [2.45, 2.75) is 19.3 Å². The molecule has 0 N–H and O–H groups in total. The lowest BCUT2D eigenvalue weighted by Gasteiger charge is -2.23. The minimum absolute atomic E-state index is 0.224. The molecule has 1 aliphatic rings. The fraction of sp³-hybridized carbons (Fsp3) is 0.0638. The zero-order valence-corrected chi connectivity index (χ0v) is 29.5. The fourth-order valence-corrected chi connectivity index (χ4v) is 8.67. The number of aromatic nitrogens is 4. The van der Waals surface area contributed by atoms with E-state index in [4.69, 9.17) is 19.9 Å². The summed E-state index contributed by atoms with van der Waals surface area (Å²) in [7, 11) is 0. The highest BCUT2D eigenvalue weighted by atomic mass is 32.1. The monoisotopic (exact) mass is 684 g/mol. The predicted octanol–water partition coefficient (Wildman–Crippen LogP) is 12.3. The van der Waals surface area contributed by atoms with Gasteiger partial charge in [-0.3, -0.25) is 0 Å². The highest BCUT2D eigenvalue weighted by Gasteiger charge is 2.38. The minimum Gasteiger partial charge on any atom is -0.235 e. The highest BCUT2D eigenvalue weighted by molar-refractivity contribution is 7.21. The molecule has 0 saturated heterocycles. The molecular weight excluding hydrogens is 653 g/mol. The van der Waals surface area contributed by atoms with Crippen molar-refractivity contribution < 1.29 is 0 Å². The molecule has 246 valence electrons. The van der Waals surface area contributed by atoms with E-state index in [-0.39, 0.29) is 5.41 Å². The van der Waals surface area contributed by atoms with Crippen LogP contribution in [0.15, 0.2) is 158 Å². The SMILES string of the molecule is CC1(C)c2ccccc2-c2c(-c3nc(-c4ccccc4)nc(-c4ccccc4)n3)cc(-c3ccc4ccc5sc(-c6ccccc6)nc5c4c3)cc21. The molecule has 9 aromatic rings. The molecule has 10 rings (SSSR count). The Balaban J connectivity index is 1.23. The van der Waals surface area contributed by atoms with Crippen LogP contribution in [0, 0.1) is 0 Å². The second kappa shape index (κ2) is 11.9. The maximum absolute atomic E-state index is 5.22. The Morgan fingerprint density at radius 2 is 1.04 bits per heavy atom. The molecule has 0 amide bonds. The van der Waals surface area contributed by atoms with Crippen LogP contribution in [-0.2, 0) is 5.41 Å². The first kappa shape index (κ1) is 30.5. The highest BCUT2D eigenvalue weighted by Crippen LogP contribution is 2.53. The van der Waals surface area contributed by atoms with Crippen molar-refractivity contribution in [2.75, 3.05) is 0 Å². The standard InChI is InChI=1S/C47H32N4S/c1-47(2)38-21-13-12-20-35(38)41-37(45-50-43(30-14-6-3-7-15-30)49-44(51-45)31-16-8-4-9-17-31)27-34(28-39(41)47)33-23-22-29-24-25-40-42(36(29)26-33)48-46(52-40)32-18-10-5-11-19-32/h3-28H,1-2H3. The van der Waals surface area contributed by atoms with Gasteiger partial charge in [-0.25, -0.2) is 19.9 Å². The van der Waals surface area contributed by atoms with Crippen LogP contribution in [-0.4, -0.2) is 19.9 Å². The Kier molecular flexibility index (Phi) is 6.98. The number of rotatable bonds is 5. The molecule has 0 atom stereocenters. The summed E-state index contributed by atoms with van der Waals surface area (Å²) in [4.78, 5) is 20.6. The van der Waals surface area contributed by atoms with E-state index < -0.39 is 0 Å². The zero-order valence-electron chi connectivity index (χ0n) is 28.7. The quantitative estimate of drug-likeness (QED) is 0.181. The Morgan fingerprint density at radius 1 is 0.442 bits per heavy atom. The van der Waals surface area contributed by atoms with Gasteiger partial charge in [-0.2, -0.15) is 0 Å². The first-order valence-corrected chi connectivity index (χ1v) is 18.4. The molecule has 2 heterocycles. The van der Waals surface area contributed by atoms with E-state index >= 15 is 0 Å². The van der Waals surface area contributed by atoms with Gasteiger partial charge < -0.3 is 0 Å². The van der Waals surface area contributed by atoms with Crippen molar-refractivity contribution in [3.63, 3.8) is 0 Å². The van der Waals surface area contributed by atoms with Crippen LogP contribution in [0.1, 0.15) is 25.0 Å². The van der Waals surface area contributed by atoms with E-state index in [1.165, 1.54) is 32.3 Å². The zero-order chi connectivity index (χ0) is 34.8. The molecule has 4 nitrogen and oxygen atoms in total. The normalized spacial score (nSPS) is 13.0. The van der Waals surface area contributed by atoms with Gasteiger partial charge in [0.25, 0.3) is 0 Å². The van der Waals surface area contributed by atoms with Gasteiger partial charge >= 0.3 is 0 Å². The van der Waals surface area contributed by atoms with E-state index in [2.05, 4.69) is 129 Å². The number of thiazole rings is 1. The summed E-state index contributed by atoms with van der Waals surface area (Å²) < 4.78 is 1.18. The van der Waals surface area contributed by atoms with Crippen LogP contribution < -0.4 is 0 Å². The van der Waals surface area contributed by atoms with E-state index in [1.54, 1.807) is 11.3 Å². The lowest BCUT2D eigenvalue weighted by molar-refractivity contribution is 0.660. The maximum Gasteiger partial charge on any atom is 0.164 e. The lowest BCUT2D eigenvalue weighted by atomic mass is 9.81. The Morgan fingerprint density at radius 3 is 1.73 bits per heavy atom. The summed E-state index contributed by atoms with van der Waals surface area (Å²) in [5.41, 5.74) is 12.1. The Hall–Kier alpha value is -6.30. The molecule has 1 aliphatic carbocycles. The third-order valence-corrected chi connectivity index (χ3v) is 11.4. The first-order chi connectivity index (χ1) is 25.5. The first-order valence-electron chi connectivity index (χ1n) is 17.6. The molecule has 52 heavy (non-hydrogen) atoms. The van der Waals surface area contributed by atoms with E-state index in [1.807, 2.05) is 42.5 Å². The van der Waals surface area contributed by atoms with Gasteiger partial charge in [0, 0.05) is 33.1 Å². The largest absolute Gasteiger partial charge is 0.235 e. The summed E-state index contributed by atoms with van der Waals surface area (Å²) >= 11 is 1.74. The maximum atomic E-state index is 5.22. The van der Waals surface area contributed by atoms with Crippen molar-refractivity contribution >= 4 is 32.3 Å². The second-order valence-corrected chi connectivity index (χ2v) is 14.9. The van der Waals surface area contributed by atoms with Gasteiger partial charge in [-0.15, -0.1) is 11.3 Å². The third-order valence-electron chi connectivity index (χ3n) is 10.4. The molecule has 0 fully saturated rings. The summed E-state index contributed by atoms with van der Waals surface area (Å²) in [6, 6.07) is 55.5. The lowest BCUT2D eigenvalue weighted by Crippen LogP contribution is -2.15. The number of hydrogen-bond acceptors (Lipinski definition) is 5. The van der Waals surface area contributed by atoms with Crippen molar-refractivity contribution in [1.29, 1.82) is 0 Å². The molecule has 0 bridgehead atoms. The average molecular weight is 685 g/mol. The van der Waals surface area contributed by atoms with Gasteiger partial charge in [-0.05, 0) is 63.0 Å². The topological polar surface area (TPSA) is 51.6 Å². The van der Waals surface area contributed by atoms with Crippen molar-refractivity contribution in [3.8, 4) is 67.0 Å². The van der Waals surface area contributed by atoms with Gasteiger partial charge in [-0.1, -0.05) is 147 Å². The van der Waals surface area contributed by atoms with Gasteiger partial charge in [0.2, 0.25) is 0 Å². The van der Waals surface area contributed by atoms with Crippen molar-refractivity contribution in [1.82, 2.24) is 19.9 Å². The van der Waals surface area contributed by atoms with Crippen LogP contribution in [0.3, 0.4) is 0 Å². The third kappa shape index (κ3) is 4.96. The van der Waals surface area contributed by atoms with Crippen molar-refractivity contribution in [2.24, 2.45) is 0 Å². The molecular formula is C47H32N4S. The van der Waals surface area contributed by atoms with Crippen molar-refractivity contribution in [3.05, 3.63) is 169 Å². The summed E-state index contributed by atoms with van der Waals surface area (Å²) in [6.45, 7) is 4.65. The predicted molar refractivity (Wildman–Crippen MR) is 215 cm³/mol. The van der Waals surface area contributed by atoms with Crippen LogP contribution in [0.4, 0.5) is 0 Å². The molecule has 0 saturated carbocycles. The number of nitrogens with zero attached hydrogens (tertiary/aromatic N) is 4. The molecule has 0 unspecified atom stereocenters. The molecule has 7 aromatic carbocycles. The molecule has 2 aromatic heterocycles. The van der Waals surface area contributed by atoms with Crippen LogP contribution >= 0.6 is 11.3 Å². The van der Waals surface area contributed by atoms with E-state index in [0.717, 1.165) is 49.3 Å². The summed E-state index contributed by atoms with van der Waals surface area (Å²) in [5, 5.41) is 3.36. The van der Waals surface area contributed by atoms with Crippen LogP contribution in [0.5, 0.6) is 0 Å². The Bertz CT molecular complexity index is 2750. The molecule has 0 radical (unpaired) electrons. The van der Waals surface area contributed by atoms with Crippen LogP contribution in [0.2, 0.25) is 0 Å². The van der Waals surface area contributed by atoms with Gasteiger partial charge in [0.15, 0.2) is 17.5 Å². The molecule has 0 aliphatic heterocycles. The molecule has 0 spiro atoms. The summed E-state index contributed by atoms with van der Waals surface area (Å²) in [6.07, 6.45) is 0. The minimum atomic E-state index is -0.224. The number of benzene rings is 7. The fourth-order valence-electron chi connectivity index (χ4n) is 7.68. The molecule has 5 heteroatoms. The second-order valence-electron chi connectivity index (χ2n) is 13.9. The smallest absolute Gasteiger partial charge is 0.164 e. The van der Waals surface area contributed by atoms with E-state index in [9.17, 15) is 0 Å². The summed E-state index contributed by atoms with van der Waals surface area (Å²) in [5.74, 6) is 1.97. The number of hydrogen-bond donors (Lipinski definition) is 0. The van der Waals surface area contributed by atoms with Crippen LogP contribution in [0.25, 0.3) is 88.0 Å². The average Bonchev–Trinajstić information content (AvgIpc) is 3.75. The number of fused-ring (bicyclic) bond motifs is 6. The van der Waals surface area contributed by atoms with E-state index in [0.29, 0.717) is 17.5 Å². The van der Waals surface area contributed by atoms with Gasteiger partial charge in [0.1, 0.15) is 5.01 Å². The Labute approximate surface area is 306 Å².